The molecule has 0 radical (unpaired) electrons. The summed E-state index contributed by atoms with van der Waals surface area (Å²) in [7, 11) is 2.01. The summed E-state index contributed by atoms with van der Waals surface area (Å²) in [6.07, 6.45) is 1.05. The highest BCUT2D eigenvalue weighted by molar-refractivity contribution is 6.33. The Hall–Kier alpha value is -1.26. The van der Waals surface area contributed by atoms with Crippen LogP contribution in [0.3, 0.4) is 0 Å². The normalized spacial score (nSPS) is 17.3. The number of carbonyl (C=O) groups is 1. The number of halogens is 1. The Balaban J connectivity index is 2.35. The molecule has 0 aromatic heterocycles. The van der Waals surface area contributed by atoms with E-state index in [1.165, 1.54) is 0 Å². The number of hydrogen-bond donors (Lipinski definition) is 2. The van der Waals surface area contributed by atoms with E-state index in [4.69, 9.17) is 11.6 Å². The predicted molar refractivity (Wildman–Crippen MR) is 80.1 cm³/mol. The Morgan fingerprint density at radius 2 is 2.16 bits per heavy atom. The van der Waals surface area contributed by atoms with Crippen LogP contribution in [-0.4, -0.2) is 26.0 Å². The molecule has 1 aliphatic heterocycles. The molecular weight excluding hydrogens is 262 g/mol. The minimum Gasteiger partial charge on any atom is -0.373 e. The van der Waals surface area contributed by atoms with Crippen LogP contribution in [0.1, 0.15) is 31.9 Å². The lowest BCUT2D eigenvalue weighted by molar-refractivity contribution is -0.117. The molecule has 5 heteroatoms. The molecule has 0 saturated heterocycles. The van der Waals surface area contributed by atoms with Gasteiger partial charge in [-0.25, -0.2) is 0 Å². The molecule has 1 aromatic rings. The van der Waals surface area contributed by atoms with Crippen molar-refractivity contribution in [2.45, 2.75) is 26.3 Å². The quantitative estimate of drug-likeness (QED) is 0.872. The molecule has 0 bridgehead atoms. The van der Waals surface area contributed by atoms with Crippen molar-refractivity contribution in [3.8, 4) is 0 Å². The average Bonchev–Trinajstić information content (AvgIpc) is 2.66. The lowest BCUT2D eigenvalue weighted by atomic mass is 10.1. The summed E-state index contributed by atoms with van der Waals surface area (Å²) in [5, 5.41) is 6.77. The van der Waals surface area contributed by atoms with Gasteiger partial charge in [-0.05, 0) is 25.1 Å². The minimum absolute atomic E-state index is 0.0109. The smallest absolute Gasteiger partial charge is 0.246 e. The minimum atomic E-state index is -0.289. The number of nitrogens with one attached hydrogen (secondary N) is 2. The molecule has 1 heterocycles. The first kappa shape index (κ1) is 14.2. The van der Waals surface area contributed by atoms with E-state index >= 15 is 0 Å². The van der Waals surface area contributed by atoms with E-state index in [9.17, 15) is 4.79 Å². The van der Waals surface area contributed by atoms with Crippen LogP contribution in [0.25, 0.3) is 0 Å². The van der Waals surface area contributed by atoms with Crippen LogP contribution < -0.4 is 15.5 Å². The maximum absolute atomic E-state index is 11.9. The van der Waals surface area contributed by atoms with Gasteiger partial charge in [0.05, 0.1) is 10.7 Å². The zero-order valence-corrected chi connectivity index (χ0v) is 12.3. The van der Waals surface area contributed by atoms with E-state index in [-0.39, 0.29) is 11.9 Å². The molecule has 2 N–H and O–H groups in total. The number of carbonyl (C=O) groups excluding carboxylic acids is 1. The van der Waals surface area contributed by atoms with Gasteiger partial charge in [-0.1, -0.05) is 25.4 Å². The van der Waals surface area contributed by atoms with Crippen LogP contribution in [0.2, 0.25) is 5.02 Å². The van der Waals surface area contributed by atoms with E-state index in [2.05, 4.69) is 22.5 Å². The summed E-state index contributed by atoms with van der Waals surface area (Å²) in [5.74, 6) is -0.0109. The molecule has 0 fully saturated rings. The van der Waals surface area contributed by atoms with Gasteiger partial charge in [-0.2, -0.15) is 0 Å². The molecule has 0 saturated carbocycles. The monoisotopic (exact) mass is 281 g/mol. The fraction of sp³-hybridized carbons (Fsp3) is 0.500. The van der Waals surface area contributed by atoms with Crippen molar-refractivity contribution in [3.63, 3.8) is 0 Å². The Labute approximate surface area is 119 Å². The van der Waals surface area contributed by atoms with Crippen LogP contribution in [-0.2, 0) is 4.79 Å². The van der Waals surface area contributed by atoms with Crippen LogP contribution in [0, 0.1) is 0 Å². The second kappa shape index (κ2) is 5.80. The van der Waals surface area contributed by atoms with Crippen molar-refractivity contribution in [3.05, 3.63) is 22.7 Å². The lowest BCUT2D eigenvalue weighted by Crippen LogP contribution is -2.27. The SMILES string of the molecule is CCCN(C)c1cc2c(cc1Cl)C(NCC)C(=O)N2. The third-order valence-electron chi connectivity index (χ3n) is 3.33. The highest BCUT2D eigenvalue weighted by Crippen LogP contribution is 2.38. The van der Waals surface area contributed by atoms with Crippen LogP contribution in [0.4, 0.5) is 11.4 Å². The number of hydrogen-bond acceptors (Lipinski definition) is 3. The highest BCUT2D eigenvalue weighted by Gasteiger charge is 2.31. The molecule has 2 rings (SSSR count). The van der Waals surface area contributed by atoms with Crippen molar-refractivity contribution in [2.75, 3.05) is 30.4 Å². The van der Waals surface area contributed by atoms with E-state index in [1.54, 1.807) is 0 Å². The standard InChI is InChI=1S/C14H20ClN3O/c1-4-6-18(3)12-8-11-9(7-10(12)15)13(16-5-2)14(19)17-11/h7-8,13,16H,4-6H2,1-3H3,(H,17,19). The van der Waals surface area contributed by atoms with E-state index in [0.29, 0.717) is 5.02 Å². The van der Waals surface area contributed by atoms with Gasteiger partial charge in [-0.15, -0.1) is 0 Å². The number of nitrogens with zero attached hydrogens (tertiary/aromatic N) is 1. The lowest BCUT2D eigenvalue weighted by Gasteiger charge is -2.21. The largest absolute Gasteiger partial charge is 0.373 e. The van der Waals surface area contributed by atoms with Crippen molar-refractivity contribution in [1.29, 1.82) is 0 Å². The summed E-state index contributed by atoms with van der Waals surface area (Å²) < 4.78 is 0. The molecule has 1 atom stereocenters. The highest BCUT2D eigenvalue weighted by atomic mass is 35.5. The first-order chi connectivity index (χ1) is 9.08. The fourth-order valence-corrected chi connectivity index (χ4v) is 2.74. The van der Waals surface area contributed by atoms with Crippen molar-refractivity contribution < 1.29 is 4.79 Å². The van der Waals surface area contributed by atoms with Crippen molar-refractivity contribution in [1.82, 2.24) is 5.32 Å². The van der Waals surface area contributed by atoms with Gasteiger partial charge in [0.15, 0.2) is 0 Å². The van der Waals surface area contributed by atoms with Crippen molar-refractivity contribution in [2.24, 2.45) is 0 Å². The maximum atomic E-state index is 11.9. The molecule has 19 heavy (non-hydrogen) atoms. The zero-order chi connectivity index (χ0) is 14.0. The summed E-state index contributed by atoms with van der Waals surface area (Å²) in [4.78, 5) is 14.0. The van der Waals surface area contributed by atoms with Gasteiger partial charge in [-0.3, -0.25) is 4.79 Å². The number of amides is 1. The van der Waals surface area contributed by atoms with Gasteiger partial charge in [0.25, 0.3) is 0 Å². The van der Waals surface area contributed by atoms with Gasteiger partial charge >= 0.3 is 0 Å². The Morgan fingerprint density at radius 3 is 2.79 bits per heavy atom. The van der Waals surface area contributed by atoms with Gasteiger partial charge in [0.1, 0.15) is 6.04 Å². The van der Waals surface area contributed by atoms with Crippen LogP contribution >= 0.6 is 11.6 Å². The number of fused-ring (bicyclic) bond motifs is 1. The second-order valence-corrected chi connectivity index (χ2v) is 5.20. The van der Waals surface area contributed by atoms with Crippen LogP contribution in [0.5, 0.6) is 0 Å². The van der Waals surface area contributed by atoms with Gasteiger partial charge in [0, 0.05) is 24.8 Å². The first-order valence-corrected chi connectivity index (χ1v) is 7.05. The molecule has 1 aromatic carbocycles. The molecule has 1 unspecified atom stereocenters. The van der Waals surface area contributed by atoms with E-state index in [1.807, 2.05) is 26.1 Å². The molecule has 0 aliphatic carbocycles. The first-order valence-electron chi connectivity index (χ1n) is 6.67. The number of rotatable bonds is 5. The number of likely N-dealkylation sites (N-methyl/N-ethyl adjacent to an activating group) is 1. The second-order valence-electron chi connectivity index (χ2n) is 4.79. The van der Waals surface area contributed by atoms with E-state index in [0.717, 1.165) is 36.4 Å². The summed E-state index contributed by atoms with van der Waals surface area (Å²) in [6, 6.07) is 3.56. The predicted octanol–water partition coefficient (Wildman–Crippen LogP) is 2.79. The van der Waals surface area contributed by atoms with Crippen molar-refractivity contribution >= 4 is 28.9 Å². The molecule has 0 spiro atoms. The number of benzene rings is 1. The maximum Gasteiger partial charge on any atom is 0.246 e. The Morgan fingerprint density at radius 1 is 1.42 bits per heavy atom. The van der Waals surface area contributed by atoms with E-state index < -0.39 is 0 Å². The fourth-order valence-electron chi connectivity index (χ4n) is 2.43. The molecule has 1 aliphatic rings. The zero-order valence-electron chi connectivity index (χ0n) is 11.6. The Bertz CT molecular complexity index is 490. The number of anilines is 2. The molecule has 4 nitrogen and oxygen atoms in total. The summed E-state index contributed by atoms with van der Waals surface area (Å²) in [5.41, 5.74) is 2.75. The Kier molecular flexibility index (Phi) is 4.32. The van der Waals surface area contributed by atoms with Gasteiger partial charge in [0.2, 0.25) is 5.91 Å². The molecular formula is C14H20ClN3O. The molecule has 104 valence electrons. The molecule has 1 amide bonds. The van der Waals surface area contributed by atoms with Gasteiger partial charge < -0.3 is 15.5 Å². The summed E-state index contributed by atoms with van der Waals surface area (Å²) in [6.45, 7) is 5.78. The average molecular weight is 282 g/mol. The third kappa shape index (κ3) is 2.69. The van der Waals surface area contributed by atoms with Crippen LogP contribution in [0.15, 0.2) is 12.1 Å². The topological polar surface area (TPSA) is 44.4 Å². The third-order valence-corrected chi connectivity index (χ3v) is 3.63. The summed E-state index contributed by atoms with van der Waals surface area (Å²) >= 11 is 6.34.